The van der Waals surface area contributed by atoms with Gasteiger partial charge in [-0.25, -0.2) is 9.98 Å². The van der Waals surface area contributed by atoms with Crippen LogP contribution in [0.4, 0.5) is 0 Å². The number of aromatic nitrogens is 3. The van der Waals surface area contributed by atoms with Crippen LogP contribution in [-0.2, 0) is 19.6 Å². The lowest BCUT2D eigenvalue weighted by atomic mass is 10.2. The van der Waals surface area contributed by atoms with E-state index in [-0.39, 0.29) is 0 Å². The minimum Gasteiger partial charge on any atom is -0.357 e. The molecule has 2 aromatic heterocycles. The summed E-state index contributed by atoms with van der Waals surface area (Å²) in [6, 6.07) is 14.5. The van der Waals surface area contributed by atoms with E-state index >= 15 is 0 Å². The highest BCUT2D eigenvalue weighted by Gasteiger charge is 2.04. The molecule has 3 aromatic rings. The lowest BCUT2D eigenvalue weighted by Crippen LogP contribution is -2.38. The molecule has 0 aliphatic heterocycles. The zero-order valence-corrected chi connectivity index (χ0v) is 15.2. The summed E-state index contributed by atoms with van der Waals surface area (Å²) >= 11 is 0. The fourth-order valence-electron chi connectivity index (χ4n) is 2.73. The van der Waals surface area contributed by atoms with E-state index in [1.165, 1.54) is 5.56 Å². The topological polar surface area (TPSA) is 59.2 Å². The summed E-state index contributed by atoms with van der Waals surface area (Å²) in [4.78, 5) is 9.14. The smallest absolute Gasteiger partial charge is 0.191 e. The summed E-state index contributed by atoms with van der Waals surface area (Å²) in [5, 5.41) is 6.66. The molecule has 26 heavy (non-hydrogen) atoms. The van der Waals surface area contributed by atoms with Gasteiger partial charge >= 0.3 is 0 Å². The summed E-state index contributed by atoms with van der Waals surface area (Å²) in [6.45, 7) is 5.97. The first kappa shape index (κ1) is 17.8. The van der Waals surface area contributed by atoms with Crippen molar-refractivity contribution in [3.63, 3.8) is 0 Å². The molecule has 3 rings (SSSR count). The molecule has 2 heterocycles. The van der Waals surface area contributed by atoms with Crippen LogP contribution < -0.4 is 10.6 Å². The maximum atomic E-state index is 4.68. The number of aliphatic imine (C=N–C) groups is 1. The number of benzene rings is 1. The highest BCUT2D eigenvalue weighted by Crippen LogP contribution is 2.06. The van der Waals surface area contributed by atoms with E-state index in [4.69, 9.17) is 0 Å². The maximum Gasteiger partial charge on any atom is 0.191 e. The predicted molar refractivity (Wildman–Crippen MR) is 105 cm³/mol. The molecule has 0 bridgehead atoms. The fourth-order valence-corrected chi connectivity index (χ4v) is 2.73. The maximum absolute atomic E-state index is 4.68. The molecular formula is C20H26N6. The third-order valence-corrected chi connectivity index (χ3v) is 4.05. The van der Waals surface area contributed by atoms with Gasteiger partial charge in [0.15, 0.2) is 5.96 Å². The SMILES string of the molecule is CCNC(=NCc1nccn1Cc1ccccc1)NCCn1cccc1. The van der Waals surface area contributed by atoms with Crippen molar-refractivity contribution in [3.05, 3.63) is 78.6 Å². The lowest BCUT2D eigenvalue weighted by molar-refractivity contribution is 0.662. The number of nitrogens with one attached hydrogen (secondary N) is 2. The second-order valence-corrected chi connectivity index (χ2v) is 6.00. The van der Waals surface area contributed by atoms with Crippen LogP contribution in [0, 0.1) is 0 Å². The molecule has 0 saturated carbocycles. The minimum atomic E-state index is 0.540. The van der Waals surface area contributed by atoms with Gasteiger partial charge in [-0.15, -0.1) is 0 Å². The Labute approximate surface area is 154 Å². The number of imidazole rings is 1. The zero-order valence-electron chi connectivity index (χ0n) is 15.2. The molecule has 0 atom stereocenters. The Morgan fingerprint density at radius 2 is 1.85 bits per heavy atom. The Kier molecular flexibility index (Phi) is 6.47. The first-order chi connectivity index (χ1) is 12.8. The Balaban J connectivity index is 1.58. The van der Waals surface area contributed by atoms with E-state index < -0.39 is 0 Å². The van der Waals surface area contributed by atoms with Crippen LogP contribution in [0.5, 0.6) is 0 Å². The van der Waals surface area contributed by atoms with Crippen LogP contribution in [0.1, 0.15) is 18.3 Å². The second-order valence-electron chi connectivity index (χ2n) is 6.00. The van der Waals surface area contributed by atoms with E-state index in [2.05, 4.69) is 73.3 Å². The third-order valence-electron chi connectivity index (χ3n) is 4.05. The number of nitrogens with zero attached hydrogens (tertiary/aromatic N) is 4. The van der Waals surface area contributed by atoms with Gasteiger partial charge in [0.1, 0.15) is 12.4 Å². The Morgan fingerprint density at radius 3 is 2.62 bits per heavy atom. The highest BCUT2D eigenvalue weighted by molar-refractivity contribution is 5.79. The molecule has 0 aliphatic carbocycles. The fraction of sp³-hybridized carbons (Fsp3) is 0.300. The Bertz CT molecular complexity index is 789. The van der Waals surface area contributed by atoms with E-state index in [1.807, 2.05) is 30.6 Å². The van der Waals surface area contributed by atoms with Crippen LogP contribution in [0.2, 0.25) is 0 Å². The lowest BCUT2D eigenvalue weighted by Gasteiger charge is -2.12. The van der Waals surface area contributed by atoms with E-state index in [9.17, 15) is 0 Å². The number of guanidine groups is 1. The van der Waals surface area contributed by atoms with Crippen LogP contribution in [0.15, 0.2) is 72.2 Å². The molecule has 0 fully saturated rings. The van der Waals surface area contributed by atoms with Crippen LogP contribution in [0.3, 0.4) is 0 Å². The first-order valence-electron chi connectivity index (χ1n) is 9.02. The molecule has 0 spiro atoms. The molecule has 0 saturated heterocycles. The standard InChI is InChI=1S/C20H26N6/c1-2-21-20(23-10-14-25-12-6-7-13-25)24-16-19-22-11-15-26(19)17-18-8-4-3-5-9-18/h3-9,11-13,15H,2,10,14,16-17H2,1H3,(H2,21,23,24). The van der Waals surface area contributed by atoms with Crippen molar-refractivity contribution < 1.29 is 0 Å². The van der Waals surface area contributed by atoms with E-state index in [0.29, 0.717) is 6.54 Å². The Morgan fingerprint density at radius 1 is 1.04 bits per heavy atom. The van der Waals surface area contributed by atoms with Crippen molar-refractivity contribution in [3.8, 4) is 0 Å². The molecule has 0 aliphatic rings. The van der Waals surface area contributed by atoms with Crippen molar-refractivity contribution in [1.29, 1.82) is 0 Å². The molecule has 0 unspecified atom stereocenters. The second kappa shape index (κ2) is 9.46. The quantitative estimate of drug-likeness (QED) is 0.485. The van der Waals surface area contributed by atoms with Gasteiger partial charge in [-0.1, -0.05) is 30.3 Å². The normalized spacial score (nSPS) is 11.5. The van der Waals surface area contributed by atoms with Crippen molar-refractivity contribution in [1.82, 2.24) is 24.8 Å². The molecule has 2 N–H and O–H groups in total. The van der Waals surface area contributed by atoms with Gasteiger partial charge in [-0.3, -0.25) is 0 Å². The van der Waals surface area contributed by atoms with Gasteiger partial charge in [-0.05, 0) is 24.6 Å². The molecule has 136 valence electrons. The average Bonchev–Trinajstić information content (AvgIpc) is 3.33. The van der Waals surface area contributed by atoms with Gasteiger partial charge in [-0.2, -0.15) is 0 Å². The van der Waals surface area contributed by atoms with E-state index in [1.54, 1.807) is 0 Å². The summed E-state index contributed by atoms with van der Waals surface area (Å²) in [6.07, 6.45) is 7.96. The zero-order chi connectivity index (χ0) is 18.0. The largest absolute Gasteiger partial charge is 0.357 e. The summed E-state index contributed by atoms with van der Waals surface area (Å²) in [7, 11) is 0. The number of hydrogen-bond acceptors (Lipinski definition) is 2. The molecule has 0 radical (unpaired) electrons. The summed E-state index contributed by atoms with van der Waals surface area (Å²) in [5.41, 5.74) is 1.26. The molecule has 0 amide bonds. The van der Waals surface area contributed by atoms with E-state index in [0.717, 1.165) is 38.0 Å². The molecule has 6 nitrogen and oxygen atoms in total. The number of hydrogen-bond donors (Lipinski definition) is 2. The third kappa shape index (κ3) is 5.24. The van der Waals surface area contributed by atoms with Crippen molar-refractivity contribution in [2.24, 2.45) is 4.99 Å². The predicted octanol–water partition coefficient (Wildman–Crippen LogP) is 2.49. The van der Waals surface area contributed by atoms with Crippen LogP contribution >= 0.6 is 0 Å². The Hall–Kier alpha value is -3.02. The van der Waals surface area contributed by atoms with Gasteiger partial charge in [0.05, 0.1) is 0 Å². The van der Waals surface area contributed by atoms with Crippen molar-refractivity contribution in [2.75, 3.05) is 13.1 Å². The van der Waals surface area contributed by atoms with Gasteiger partial charge in [0.2, 0.25) is 0 Å². The number of rotatable bonds is 8. The average molecular weight is 350 g/mol. The molecule has 1 aromatic carbocycles. The van der Waals surface area contributed by atoms with Gasteiger partial charge in [0, 0.05) is 51.0 Å². The molecule has 6 heteroatoms. The van der Waals surface area contributed by atoms with Crippen LogP contribution in [0.25, 0.3) is 0 Å². The highest BCUT2D eigenvalue weighted by atomic mass is 15.2. The monoisotopic (exact) mass is 350 g/mol. The van der Waals surface area contributed by atoms with Crippen molar-refractivity contribution in [2.45, 2.75) is 26.6 Å². The minimum absolute atomic E-state index is 0.540. The van der Waals surface area contributed by atoms with Crippen LogP contribution in [-0.4, -0.2) is 33.2 Å². The van der Waals surface area contributed by atoms with Gasteiger partial charge < -0.3 is 19.8 Å². The first-order valence-corrected chi connectivity index (χ1v) is 9.02. The molecular weight excluding hydrogens is 324 g/mol. The van der Waals surface area contributed by atoms with Crippen molar-refractivity contribution >= 4 is 5.96 Å². The summed E-state index contributed by atoms with van der Waals surface area (Å²) < 4.78 is 4.28. The van der Waals surface area contributed by atoms with Gasteiger partial charge in [0.25, 0.3) is 0 Å². The summed E-state index contributed by atoms with van der Waals surface area (Å²) in [5.74, 6) is 1.77.